The number of unbranched alkanes of at least 4 members (excludes halogenated alkanes) is 1. The van der Waals surface area contributed by atoms with E-state index in [9.17, 15) is 14.0 Å². The van der Waals surface area contributed by atoms with Crippen molar-refractivity contribution >= 4 is 56.2 Å². The third kappa shape index (κ3) is 7.05. The maximum absolute atomic E-state index is 13.9. The quantitative estimate of drug-likeness (QED) is 0.189. The van der Waals surface area contributed by atoms with Crippen molar-refractivity contribution < 1.29 is 18.7 Å². The zero-order valence-corrected chi connectivity index (χ0v) is 24.3. The van der Waals surface area contributed by atoms with Gasteiger partial charge in [0.15, 0.2) is 18.1 Å². The van der Waals surface area contributed by atoms with Crippen molar-refractivity contribution in [3.8, 4) is 11.5 Å². The number of ether oxygens (including phenoxy) is 2. The number of nitrogens with zero attached hydrogens (tertiary/aromatic N) is 3. The average Bonchev–Trinajstić information content (AvgIpc) is 2.93. The monoisotopic (exact) mass is 628 g/mol. The first-order valence-corrected chi connectivity index (χ1v) is 13.9. The van der Waals surface area contributed by atoms with Crippen LogP contribution in [0.2, 0.25) is 5.02 Å². The van der Waals surface area contributed by atoms with Crippen molar-refractivity contribution in [1.82, 2.24) is 9.66 Å². The van der Waals surface area contributed by atoms with Gasteiger partial charge in [-0.2, -0.15) is 9.78 Å². The predicted octanol–water partition coefficient (Wildman–Crippen LogP) is 6.59. The lowest BCUT2D eigenvalue weighted by molar-refractivity contribution is -0.118. The molecule has 1 aromatic heterocycles. The molecule has 11 heteroatoms. The summed E-state index contributed by atoms with van der Waals surface area (Å²) in [6.07, 6.45) is 3.86. The highest BCUT2D eigenvalue weighted by atomic mass is 79.9. The highest BCUT2D eigenvalue weighted by Crippen LogP contribution is 2.36. The largest absolute Gasteiger partial charge is 0.490 e. The highest BCUT2D eigenvalue weighted by molar-refractivity contribution is 9.10. The van der Waals surface area contributed by atoms with Crippen LogP contribution >= 0.6 is 27.5 Å². The van der Waals surface area contributed by atoms with E-state index < -0.39 is 18.3 Å². The van der Waals surface area contributed by atoms with Crippen molar-refractivity contribution in [3.05, 3.63) is 91.7 Å². The maximum Gasteiger partial charge on any atom is 0.282 e. The van der Waals surface area contributed by atoms with Crippen LogP contribution in [-0.2, 0) is 11.2 Å². The molecule has 0 spiro atoms. The first-order valence-electron chi connectivity index (χ1n) is 12.7. The minimum absolute atomic E-state index is 0.0443. The van der Waals surface area contributed by atoms with Gasteiger partial charge in [-0.05, 0) is 61.4 Å². The molecular weight excluding hydrogens is 603 g/mol. The molecule has 0 atom stereocenters. The Kier molecular flexibility index (Phi) is 9.89. The molecule has 0 unspecified atom stereocenters. The Morgan fingerprint density at radius 3 is 2.73 bits per heavy atom. The molecule has 208 valence electrons. The number of carbonyl (C=O) groups excluding carboxylic acids is 1. The summed E-state index contributed by atoms with van der Waals surface area (Å²) in [7, 11) is 0. The molecule has 0 aliphatic rings. The van der Waals surface area contributed by atoms with E-state index in [1.807, 2.05) is 6.07 Å². The Bertz CT molecular complexity index is 1630. The first kappa shape index (κ1) is 29.2. The van der Waals surface area contributed by atoms with E-state index in [1.165, 1.54) is 29.1 Å². The molecule has 0 fully saturated rings. The molecule has 0 aliphatic heterocycles. The van der Waals surface area contributed by atoms with Gasteiger partial charge in [0.05, 0.1) is 34.4 Å². The summed E-state index contributed by atoms with van der Waals surface area (Å²) >= 11 is 9.91. The molecule has 0 saturated carbocycles. The van der Waals surface area contributed by atoms with Crippen LogP contribution in [-0.4, -0.2) is 35.0 Å². The smallest absolute Gasteiger partial charge is 0.282 e. The molecule has 1 amide bonds. The van der Waals surface area contributed by atoms with Crippen LogP contribution in [0.5, 0.6) is 11.5 Å². The summed E-state index contributed by atoms with van der Waals surface area (Å²) in [5.41, 5.74) is 0.903. The predicted molar refractivity (Wildman–Crippen MR) is 158 cm³/mol. The van der Waals surface area contributed by atoms with Gasteiger partial charge in [-0.15, -0.1) is 0 Å². The molecule has 3 aromatic carbocycles. The minimum Gasteiger partial charge on any atom is -0.490 e. The Morgan fingerprint density at radius 2 is 1.98 bits per heavy atom. The van der Waals surface area contributed by atoms with E-state index in [0.29, 0.717) is 35.3 Å². The van der Waals surface area contributed by atoms with E-state index in [4.69, 9.17) is 21.1 Å². The summed E-state index contributed by atoms with van der Waals surface area (Å²) < 4.78 is 27.3. The molecule has 4 rings (SSSR count). The van der Waals surface area contributed by atoms with Crippen LogP contribution in [0.25, 0.3) is 10.9 Å². The van der Waals surface area contributed by atoms with E-state index in [1.54, 1.807) is 37.3 Å². The molecule has 1 heterocycles. The second-order valence-electron chi connectivity index (χ2n) is 8.73. The zero-order valence-electron chi connectivity index (χ0n) is 21.9. The SMILES string of the molecule is CCCCc1nc2ccc(Br)cc2c(=O)n1N=Cc1cc(Cl)c(OCC(=O)Nc2ccccc2F)c(OCC)c1. The van der Waals surface area contributed by atoms with Crippen molar-refractivity contribution in [2.45, 2.75) is 33.1 Å². The van der Waals surface area contributed by atoms with E-state index in [0.717, 1.165) is 17.3 Å². The molecule has 8 nitrogen and oxygen atoms in total. The summed E-state index contributed by atoms with van der Waals surface area (Å²) in [6, 6.07) is 14.4. The molecule has 4 aromatic rings. The molecule has 0 aliphatic carbocycles. The summed E-state index contributed by atoms with van der Waals surface area (Å²) in [6.45, 7) is 3.74. The molecule has 1 N–H and O–H groups in total. The lowest BCUT2D eigenvalue weighted by atomic mass is 10.2. The van der Waals surface area contributed by atoms with Crippen LogP contribution < -0.4 is 20.3 Å². The van der Waals surface area contributed by atoms with Gasteiger partial charge in [0.1, 0.15) is 11.6 Å². The molecular formula is C29H27BrClFN4O4. The Labute approximate surface area is 243 Å². The number of para-hydroxylation sites is 1. The Balaban J connectivity index is 1.61. The fraction of sp³-hybridized carbons (Fsp3) is 0.241. The number of anilines is 1. The number of amides is 1. The van der Waals surface area contributed by atoms with Crippen molar-refractivity contribution in [3.63, 3.8) is 0 Å². The van der Waals surface area contributed by atoms with Gasteiger partial charge in [0.25, 0.3) is 11.5 Å². The number of aryl methyl sites for hydroxylation is 1. The molecule has 0 radical (unpaired) electrons. The molecule has 0 saturated heterocycles. The van der Waals surface area contributed by atoms with Gasteiger partial charge in [0, 0.05) is 10.9 Å². The van der Waals surface area contributed by atoms with Gasteiger partial charge < -0.3 is 14.8 Å². The number of aromatic nitrogens is 2. The van der Waals surface area contributed by atoms with Crippen LogP contribution in [0.15, 0.2) is 69.0 Å². The second kappa shape index (κ2) is 13.5. The molecule has 40 heavy (non-hydrogen) atoms. The minimum atomic E-state index is -0.566. The third-order valence-electron chi connectivity index (χ3n) is 5.78. The van der Waals surface area contributed by atoms with Gasteiger partial charge in [-0.25, -0.2) is 9.37 Å². The topological polar surface area (TPSA) is 94.8 Å². The highest BCUT2D eigenvalue weighted by Gasteiger charge is 2.16. The van der Waals surface area contributed by atoms with Gasteiger partial charge in [-0.3, -0.25) is 9.59 Å². The second-order valence-corrected chi connectivity index (χ2v) is 10.1. The van der Waals surface area contributed by atoms with Gasteiger partial charge >= 0.3 is 0 Å². The average molecular weight is 630 g/mol. The van der Waals surface area contributed by atoms with Crippen LogP contribution in [0.1, 0.15) is 38.1 Å². The van der Waals surface area contributed by atoms with Crippen molar-refractivity contribution in [2.24, 2.45) is 5.10 Å². The number of rotatable bonds is 11. The molecule has 0 bridgehead atoms. The standard InChI is InChI=1S/C29H27BrClFN4O4/c1-3-5-10-26-34-23-12-11-19(30)15-20(23)29(38)36(26)33-16-18-13-21(31)28(25(14-18)39-4-2)40-17-27(37)35-24-9-7-6-8-22(24)32/h6-9,11-16H,3-5,10,17H2,1-2H3,(H,35,37). The number of hydrogen-bond donors (Lipinski definition) is 1. The number of fused-ring (bicyclic) bond motifs is 1. The maximum atomic E-state index is 13.9. The van der Waals surface area contributed by atoms with Gasteiger partial charge in [0.2, 0.25) is 0 Å². The van der Waals surface area contributed by atoms with Crippen LogP contribution in [0, 0.1) is 5.82 Å². The summed E-state index contributed by atoms with van der Waals surface area (Å²) in [4.78, 5) is 30.4. The number of halogens is 3. The number of hydrogen-bond acceptors (Lipinski definition) is 6. The van der Waals surface area contributed by atoms with Gasteiger partial charge in [-0.1, -0.05) is 53.0 Å². The van der Waals surface area contributed by atoms with Crippen molar-refractivity contribution in [2.75, 3.05) is 18.5 Å². The Morgan fingerprint density at radius 1 is 1.18 bits per heavy atom. The van der Waals surface area contributed by atoms with Crippen molar-refractivity contribution in [1.29, 1.82) is 0 Å². The van der Waals surface area contributed by atoms with Crippen LogP contribution in [0.4, 0.5) is 10.1 Å². The van der Waals surface area contributed by atoms with E-state index in [2.05, 4.69) is 38.3 Å². The van der Waals surface area contributed by atoms with Crippen LogP contribution in [0.3, 0.4) is 0 Å². The zero-order chi connectivity index (χ0) is 28.6. The Hall–Kier alpha value is -3.76. The lowest BCUT2D eigenvalue weighted by Gasteiger charge is -2.14. The van der Waals surface area contributed by atoms with E-state index in [-0.39, 0.29) is 27.8 Å². The number of benzene rings is 3. The fourth-order valence-electron chi connectivity index (χ4n) is 3.89. The number of carbonyl (C=O) groups is 1. The van der Waals surface area contributed by atoms with E-state index >= 15 is 0 Å². The summed E-state index contributed by atoms with van der Waals surface area (Å²) in [5, 5.41) is 7.53. The fourth-order valence-corrected chi connectivity index (χ4v) is 4.52. The normalized spacial score (nSPS) is 11.2. The lowest BCUT2D eigenvalue weighted by Crippen LogP contribution is -2.22. The number of nitrogens with one attached hydrogen (secondary N) is 1. The third-order valence-corrected chi connectivity index (χ3v) is 6.55. The summed E-state index contributed by atoms with van der Waals surface area (Å²) in [5.74, 6) is -0.131. The first-order chi connectivity index (χ1) is 19.3.